The summed E-state index contributed by atoms with van der Waals surface area (Å²) in [6.45, 7) is 0. The van der Waals surface area contributed by atoms with Gasteiger partial charge in [-0.15, -0.1) is 0 Å². The molecule has 0 amide bonds. The van der Waals surface area contributed by atoms with Crippen molar-refractivity contribution in [3.63, 3.8) is 0 Å². The van der Waals surface area contributed by atoms with Crippen molar-refractivity contribution < 1.29 is 26.4 Å². The van der Waals surface area contributed by atoms with E-state index in [-0.39, 0.29) is 16.0 Å². The number of halogens is 3. The van der Waals surface area contributed by atoms with Crippen LogP contribution in [0.15, 0.2) is 65.6 Å². The summed E-state index contributed by atoms with van der Waals surface area (Å²) in [5, 5.41) is -0.316. The van der Waals surface area contributed by atoms with E-state index in [9.17, 15) is 26.4 Å². The molecule has 0 N–H and O–H groups in total. The number of rotatable bonds is 1. The van der Waals surface area contributed by atoms with Crippen molar-refractivity contribution in [2.45, 2.75) is 16.3 Å². The fourth-order valence-corrected chi connectivity index (χ4v) is 5.19. The molecule has 0 radical (unpaired) electrons. The van der Waals surface area contributed by atoms with Crippen molar-refractivity contribution in [2.75, 3.05) is 0 Å². The van der Waals surface area contributed by atoms with E-state index in [0.29, 0.717) is 10.8 Å². The third kappa shape index (κ3) is 2.42. The molecule has 3 aromatic rings. The van der Waals surface area contributed by atoms with E-state index >= 15 is 0 Å². The standard InChI is InChI=1S/C19H11F3O3S/c20-19(21,22)14-7-3-6-13(8-14)18-17(23)15-9-11-4-1-2-5-12(11)10-16(15)26(18,24)25/h1-10,18H/t18-/m0/s1. The Balaban J connectivity index is 1.92. The second kappa shape index (κ2) is 5.41. The zero-order valence-corrected chi connectivity index (χ0v) is 13.9. The summed E-state index contributed by atoms with van der Waals surface area (Å²) in [7, 11) is -4.12. The van der Waals surface area contributed by atoms with Gasteiger partial charge in [0.25, 0.3) is 0 Å². The lowest BCUT2D eigenvalue weighted by atomic mass is 9.99. The van der Waals surface area contributed by atoms with E-state index in [0.717, 1.165) is 18.2 Å². The smallest absolute Gasteiger partial charge is 0.292 e. The predicted molar refractivity (Wildman–Crippen MR) is 89.6 cm³/mol. The van der Waals surface area contributed by atoms with E-state index in [2.05, 4.69) is 0 Å². The number of fused-ring (bicyclic) bond motifs is 2. The van der Waals surface area contributed by atoms with Crippen LogP contribution in [0.1, 0.15) is 26.7 Å². The molecule has 0 saturated heterocycles. The van der Waals surface area contributed by atoms with Gasteiger partial charge in [0.15, 0.2) is 20.9 Å². The highest BCUT2D eigenvalue weighted by Gasteiger charge is 2.46. The summed E-state index contributed by atoms with van der Waals surface area (Å²) in [5.41, 5.74) is -1.14. The molecule has 26 heavy (non-hydrogen) atoms. The first-order chi connectivity index (χ1) is 12.2. The first-order valence-electron chi connectivity index (χ1n) is 7.67. The van der Waals surface area contributed by atoms with Gasteiger partial charge >= 0.3 is 6.18 Å². The minimum atomic E-state index is -4.62. The molecule has 7 heteroatoms. The van der Waals surface area contributed by atoms with Crippen LogP contribution in [0.4, 0.5) is 13.2 Å². The van der Waals surface area contributed by atoms with Crippen molar-refractivity contribution in [2.24, 2.45) is 0 Å². The van der Waals surface area contributed by atoms with Crippen molar-refractivity contribution in [3.8, 4) is 0 Å². The average molecular weight is 376 g/mol. The molecule has 4 rings (SSSR count). The maximum Gasteiger partial charge on any atom is 0.416 e. The van der Waals surface area contributed by atoms with Crippen LogP contribution in [0.5, 0.6) is 0 Å². The minimum Gasteiger partial charge on any atom is -0.292 e. The molecular formula is C19H11F3O3S. The van der Waals surface area contributed by atoms with Gasteiger partial charge in [0.2, 0.25) is 0 Å². The number of alkyl halides is 3. The Morgan fingerprint density at radius 2 is 1.50 bits per heavy atom. The van der Waals surface area contributed by atoms with Crippen LogP contribution in [0.2, 0.25) is 0 Å². The van der Waals surface area contributed by atoms with Crippen LogP contribution in [0, 0.1) is 0 Å². The maximum atomic E-state index is 13.0. The lowest BCUT2D eigenvalue weighted by molar-refractivity contribution is -0.137. The number of hydrogen-bond acceptors (Lipinski definition) is 3. The quantitative estimate of drug-likeness (QED) is 0.625. The molecular weight excluding hydrogens is 365 g/mol. The van der Waals surface area contributed by atoms with E-state index < -0.39 is 32.6 Å². The van der Waals surface area contributed by atoms with Crippen molar-refractivity contribution in [1.82, 2.24) is 0 Å². The summed E-state index contributed by atoms with van der Waals surface area (Å²) in [4.78, 5) is 12.6. The number of hydrogen-bond donors (Lipinski definition) is 0. The Bertz CT molecular complexity index is 1160. The van der Waals surface area contributed by atoms with Crippen LogP contribution < -0.4 is 0 Å². The third-order valence-electron chi connectivity index (χ3n) is 4.49. The average Bonchev–Trinajstić information content (AvgIpc) is 2.78. The Morgan fingerprint density at radius 3 is 2.15 bits per heavy atom. The predicted octanol–water partition coefficient (Wildman–Crippen LogP) is 4.57. The van der Waals surface area contributed by atoms with Gasteiger partial charge in [-0.05, 0) is 34.5 Å². The second-order valence-electron chi connectivity index (χ2n) is 6.11. The van der Waals surface area contributed by atoms with Gasteiger partial charge in [-0.25, -0.2) is 8.42 Å². The number of ketones is 1. The molecule has 0 bridgehead atoms. The van der Waals surface area contributed by atoms with Gasteiger partial charge in [0.05, 0.1) is 10.5 Å². The molecule has 0 aliphatic carbocycles. The van der Waals surface area contributed by atoms with Crippen LogP contribution in [0.25, 0.3) is 10.8 Å². The SMILES string of the molecule is O=C1c2cc3ccccc3cc2S(=O)(=O)[C@H]1c1cccc(C(F)(F)F)c1. The van der Waals surface area contributed by atoms with E-state index in [1.54, 1.807) is 24.3 Å². The minimum absolute atomic E-state index is 0.0195. The lowest BCUT2D eigenvalue weighted by Crippen LogP contribution is -2.15. The molecule has 1 aliphatic heterocycles. The molecule has 0 unspecified atom stereocenters. The first kappa shape index (κ1) is 16.8. The number of sulfone groups is 1. The fraction of sp³-hybridized carbons (Fsp3) is 0.105. The molecule has 3 nitrogen and oxygen atoms in total. The zero-order chi connectivity index (χ0) is 18.7. The molecule has 1 atom stereocenters. The van der Waals surface area contributed by atoms with Gasteiger partial charge in [-0.3, -0.25) is 4.79 Å². The third-order valence-corrected chi connectivity index (χ3v) is 6.54. The van der Waals surface area contributed by atoms with E-state index in [4.69, 9.17) is 0 Å². The molecule has 1 heterocycles. The molecule has 1 aliphatic rings. The summed E-state index contributed by atoms with van der Waals surface area (Å²) in [6.07, 6.45) is -4.62. The normalized spacial score (nSPS) is 18.9. The lowest BCUT2D eigenvalue weighted by Gasteiger charge is -2.12. The van der Waals surface area contributed by atoms with Crippen molar-refractivity contribution >= 4 is 26.4 Å². The molecule has 3 aromatic carbocycles. The number of carbonyl (C=O) groups is 1. The highest BCUT2D eigenvalue weighted by atomic mass is 32.2. The van der Waals surface area contributed by atoms with Crippen LogP contribution in [0.3, 0.4) is 0 Å². The zero-order valence-electron chi connectivity index (χ0n) is 13.1. The van der Waals surface area contributed by atoms with Crippen molar-refractivity contribution in [1.29, 1.82) is 0 Å². The van der Waals surface area contributed by atoms with E-state index in [1.165, 1.54) is 18.2 Å². The van der Waals surface area contributed by atoms with Gasteiger partial charge in [-0.2, -0.15) is 13.2 Å². The summed E-state index contributed by atoms with van der Waals surface area (Å²) >= 11 is 0. The van der Waals surface area contributed by atoms with Gasteiger partial charge in [0.1, 0.15) is 0 Å². The maximum absolute atomic E-state index is 13.0. The molecule has 0 saturated carbocycles. The number of carbonyl (C=O) groups excluding carboxylic acids is 1. The van der Waals surface area contributed by atoms with Crippen LogP contribution in [-0.4, -0.2) is 14.2 Å². The van der Waals surface area contributed by atoms with Crippen LogP contribution in [-0.2, 0) is 16.0 Å². The Kier molecular flexibility index (Phi) is 3.49. The second-order valence-corrected chi connectivity index (χ2v) is 8.11. The van der Waals surface area contributed by atoms with Crippen LogP contribution >= 0.6 is 0 Å². The van der Waals surface area contributed by atoms with Gasteiger partial charge < -0.3 is 0 Å². The molecule has 0 fully saturated rings. The molecule has 0 spiro atoms. The Morgan fingerprint density at radius 1 is 0.846 bits per heavy atom. The number of benzene rings is 3. The molecule has 132 valence electrons. The molecule has 0 aromatic heterocycles. The van der Waals surface area contributed by atoms with E-state index in [1.807, 2.05) is 0 Å². The fourth-order valence-electron chi connectivity index (χ4n) is 3.27. The Labute approximate surface area is 147 Å². The van der Waals surface area contributed by atoms with Gasteiger partial charge in [0, 0.05) is 5.56 Å². The number of Topliss-reactive ketones (excluding diaryl/α,β-unsaturated/α-hetero) is 1. The largest absolute Gasteiger partial charge is 0.416 e. The summed E-state index contributed by atoms with van der Waals surface area (Å²) in [6, 6.07) is 13.8. The monoisotopic (exact) mass is 376 g/mol. The summed E-state index contributed by atoms with van der Waals surface area (Å²) in [5.74, 6) is -0.704. The highest BCUT2D eigenvalue weighted by molar-refractivity contribution is 7.93. The topological polar surface area (TPSA) is 51.2 Å². The summed E-state index contributed by atoms with van der Waals surface area (Å²) < 4.78 is 64.7. The van der Waals surface area contributed by atoms with Crippen molar-refractivity contribution in [3.05, 3.63) is 77.4 Å². The highest BCUT2D eigenvalue weighted by Crippen LogP contribution is 2.43. The Hall–Kier alpha value is -2.67. The first-order valence-corrected chi connectivity index (χ1v) is 9.22. The van der Waals surface area contributed by atoms with Gasteiger partial charge in [-0.1, -0.05) is 42.5 Å².